The van der Waals surface area contributed by atoms with Gasteiger partial charge in [-0.15, -0.1) is 0 Å². The molecule has 1 saturated carbocycles. The number of nitrogens with two attached hydrogens (primary N) is 1. The predicted octanol–water partition coefficient (Wildman–Crippen LogP) is 0.0222. The van der Waals surface area contributed by atoms with E-state index in [1.54, 1.807) is 0 Å². The third kappa shape index (κ3) is 1.07. The van der Waals surface area contributed by atoms with Crippen LogP contribution in [0.1, 0.15) is 25.7 Å². The van der Waals surface area contributed by atoms with Crippen molar-refractivity contribution in [3.63, 3.8) is 0 Å². The summed E-state index contributed by atoms with van der Waals surface area (Å²) >= 11 is 0. The molecule has 2 unspecified atom stereocenters. The summed E-state index contributed by atoms with van der Waals surface area (Å²) in [4.78, 5) is 11.2. The minimum absolute atomic E-state index is 0.209. The van der Waals surface area contributed by atoms with Gasteiger partial charge < -0.3 is 11.2 Å². The van der Waals surface area contributed by atoms with Gasteiger partial charge in [-0.1, -0.05) is 6.08 Å². The van der Waals surface area contributed by atoms with Crippen LogP contribution in [0, 0.1) is 11.3 Å². The molecule has 1 aliphatic heterocycles. The fourth-order valence-corrected chi connectivity index (χ4v) is 2.69. The minimum atomic E-state index is -0.247. The van der Waals surface area contributed by atoms with Gasteiger partial charge in [0.05, 0.1) is 0 Å². The van der Waals surface area contributed by atoms with E-state index in [1.807, 2.05) is 0 Å². The van der Waals surface area contributed by atoms with Crippen LogP contribution in [0.5, 0.6) is 0 Å². The van der Waals surface area contributed by atoms with Crippen molar-refractivity contribution >= 4 is 5.91 Å². The van der Waals surface area contributed by atoms with Gasteiger partial charge in [-0.2, -0.15) is 0 Å². The monoisotopic (exact) mass is 193 g/mol. The van der Waals surface area contributed by atoms with Crippen molar-refractivity contribution in [3.8, 4) is 0 Å². The molecule has 0 aromatic heterocycles. The molecule has 1 amide bonds. The fourth-order valence-electron chi connectivity index (χ4n) is 2.69. The molecule has 3 aliphatic rings. The molecule has 4 N–H and O–H groups in total. The Balaban J connectivity index is 1.86. The average molecular weight is 193 g/mol. The maximum Gasteiger partial charge on any atom is 0.237 e. The quantitative estimate of drug-likeness (QED) is 0.550. The summed E-state index contributed by atoms with van der Waals surface area (Å²) in [5, 5.41) is 0. The molecule has 76 valence electrons. The van der Waals surface area contributed by atoms with Crippen molar-refractivity contribution < 1.29 is 4.79 Å². The van der Waals surface area contributed by atoms with Crippen LogP contribution < -0.4 is 16.6 Å². The van der Waals surface area contributed by atoms with Gasteiger partial charge in [0.25, 0.3) is 0 Å². The van der Waals surface area contributed by atoms with Crippen LogP contribution in [0.4, 0.5) is 0 Å². The van der Waals surface area contributed by atoms with Crippen molar-refractivity contribution in [2.45, 2.75) is 31.7 Å². The SMILES string of the molecule is NC(=O)C1NNC2=CCC3(CC3)CC21. The van der Waals surface area contributed by atoms with Crippen LogP contribution in [0.2, 0.25) is 0 Å². The zero-order valence-electron chi connectivity index (χ0n) is 8.05. The first-order chi connectivity index (χ1) is 6.70. The lowest BCUT2D eigenvalue weighted by Crippen LogP contribution is -2.43. The Hall–Kier alpha value is -1.03. The van der Waals surface area contributed by atoms with Gasteiger partial charge in [0.15, 0.2) is 0 Å². The lowest BCUT2D eigenvalue weighted by Gasteiger charge is -2.26. The van der Waals surface area contributed by atoms with E-state index < -0.39 is 0 Å². The van der Waals surface area contributed by atoms with Crippen LogP contribution in [0.15, 0.2) is 11.8 Å². The summed E-state index contributed by atoms with van der Waals surface area (Å²) in [6, 6.07) is -0.209. The lowest BCUT2D eigenvalue weighted by atomic mass is 9.79. The Bertz CT molecular complexity index is 319. The number of carbonyl (C=O) groups is 1. The summed E-state index contributed by atoms with van der Waals surface area (Å²) in [5.41, 5.74) is 13.1. The maximum absolute atomic E-state index is 11.2. The number of nitrogens with one attached hydrogen (secondary N) is 2. The van der Waals surface area contributed by atoms with E-state index in [2.05, 4.69) is 16.9 Å². The van der Waals surface area contributed by atoms with Crippen LogP contribution >= 0.6 is 0 Å². The molecule has 1 spiro atoms. The molecule has 0 radical (unpaired) electrons. The number of fused-ring (bicyclic) bond motifs is 1. The molecule has 0 bridgehead atoms. The largest absolute Gasteiger partial charge is 0.368 e. The normalized spacial score (nSPS) is 37.3. The van der Waals surface area contributed by atoms with Crippen molar-refractivity contribution in [1.82, 2.24) is 10.9 Å². The van der Waals surface area contributed by atoms with E-state index in [0.717, 1.165) is 6.42 Å². The Morgan fingerprint density at radius 2 is 2.36 bits per heavy atom. The third-order valence-corrected chi connectivity index (χ3v) is 3.85. The Labute approximate surface area is 82.9 Å². The van der Waals surface area contributed by atoms with Gasteiger partial charge in [0.1, 0.15) is 6.04 Å². The topological polar surface area (TPSA) is 67.2 Å². The number of primary amides is 1. The van der Waals surface area contributed by atoms with Crippen molar-refractivity contribution in [1.29, 1.82) is 0 Å². The van der Waals surface area contributed by atoms with Gasteiger partial charge in [0.2, 0.25) is 5.91 Å². The molecule has 14 heavy (non-hydrogen) atoms. The number of carbonyl (C=O) groups excluding carboxylic acids is 1. The van der Waals surface area contributed by atoms with Crippen LogP contribution in [0.3, 0.4) is 0 Å². The van der Waals surface area contributed by atoms with Gasteiger partial charge in [-0.25, -0.2) is 5.43 Å². The molecule has 0 aromatic carbocycles. The molecule has 2 fully saturated rings. The second-order valence-corrected chi connectivity index (χ2v) is 4.82. The highest BCUT2D eigenvalue weighted by atomic mass is 16.1. The van der Waals surface area contributed by atoms with Gasteiger partial charge in [-0.05, 0) is 31.1 Å². The predicted molar refractivity (Wildman–Crippen MR) is 51.7 cm³/mol. The number of hydrogen-bond acceptors (Lipinski definition) is 3. The zero-order chi connectivity index (χ0) is 9.76. The number of allylic oxidation sites excluding steroid dienone is 1. The second-order valence-electron chi connectivity index (χ2n) is 4.82. The summed E-state index contributed by atoms with van der Waals surface area (Å²) in [6.07, 6.45) is 7.15. The molecular weight excluding hydrogens is 178 g/mol. The van der Waals surface area contributed by atoms with E-state index in [9.17, 15) is 4.79 Å². The van der Waals surface area contributed by atoms with Crippen molar-refractivity contribution in [3.05, 3.63) is 11.8 Å². The molecule has 4 heteroatoms. The first kappa shape index (κ1) is 8.29. The molecule has 1 heterocycles. The number of hydrazine groups is 1. The van der Waals surface area contributed by atoms with Gasteiger partial charge in [-0.3, -0.25) is 4.79 Å². The molecule has 4 nitrogen and oxygen atoms in total. The van der Waals surface area contributed by atoms with Crippen molar-refractivity contribution in [2.75, 3.05) is 0 Å². The smallest absolute Gasteiger partial charge is 0.237 e. The standard InChI is InChI=1S/C10H15N3O/c11-9(14)8-6-5-10(3-4-10)2-1-7(6)12-13-8/h1,6,8,12-13H,2-5H2,(H2,11,14). The van der Waals surface area contributed by atoms with E-state index in [0.29, 0.717) is 11.3 Å². The van der Waals surface area contributed by atoms with E-state index in [1.165, 1.54) is 25.0 Å². The average Bonchev–Trinajstić information content (AvgIpc) is 2.77. The second kappa shape index (κ2) is 2.51. The summed E-state index contributed by atoms with van der Waals surface area (Å²) in [6.45, 7) is 0. The summed E-state index contributed by atoms with van der Waals surface area (Å²) < 4.78 is 0. The molecule has 3 rings (SSSR count). The van der Waals surface area contributed by atoms with Gasteiger partial charge in [0, 0.05) is 11.6 Å². The zero-order valence-corrected chi connectivity index (χ0v) is 8.05. The Morgan fingerprint density at radius 3 is 3.00 bits per heavy atom. The molecule has 0 aromatic rings. The molecule has 2 aliphatic carbocycles. The number of hydrogen-bond donors (Lipinski definition) is 3. The first-order valence-electron chi connectivity index (χ1n) is 5.21. The van der Waals surface area contributed by atoms with E-state index in [-0.39, 0.29) is 11.9 Å². The highest BCUT2D eigenvalue weighted by molar-refractivity contribution is 5.81. The third-order valence-electron chi connectivity index (χ3n) is 3.85. The molecular formula is C10H15N3O. The highest BCUT2D eigenvalue weighted by Gasteiger charge is 2.50. The fraction of sp³-hybridized carbons (Fsp3) is 0.700. The van der Waals surface area contributed by atoms with E-state index in [4.69, 9.17) is 5.73 Å². The molecule has 1 saturated heterocycles. The van der Waals surface area contributed by atoms with E-state index >= 15 is 0 Å². The maximum atomic E-state index is 11.2. The van der Waals surface area contributed by atoms with Crippen LogP contribution in [0.25, 0.3) is 0 Å². The Morgan fingerprint density at radius 1 is 1.57 bits per heavy atom. The summed E-state index contributed by atoms with van der Waals surface area (Å²) in [7, 11) is 0. The number of amides is 1. The summed E-state index contributed by atoms with van der Waals surface area (Å²) in [5.74, 6) is 0.0485. The van der Waals surface area contributed by atoms with Crippen LogP contribution in [-0.2, 0) is 4.79 Å². The van der Waals surface area contributed by atoms with Crippen LogP contribution in [-0.4, -0.2) is 11.9 Å². The molecule has 2 atom stereocenters. The minimum Gasteiger partial charge on any atom is -0.368 e. The van der Waals surface area contributed by atoms with Gasteiger partial charge >= 0.3 is 0 Å². The highest BCUT2D eigenvalue weighted by Crippen LogP contribution is 2.57. The lowest BCUT2D eigenvalue weighted by molar-refractivity contribution is -0.120. The first-order valence-corrected chi connectivity index (χ1v) is 5.21. The number of rotatable bonds is 1. The Kier molecular flexibility index (Phi) is 1.49. The van der Waals surface area contributed by atoms with Crippen molar-refractivity contribution in [2.24, 2.45) is 17.1 Å².